The fourth-order valence-electron chi connectivity index (χ4n) is 5.55. The number of nitrogens with zero attached hydrogens (tertiary/aromatic N) is 2. The lowest BCUT2D eigenvalue weighted by molar-refractivity contribution is -0.140. The topological polar surface area (TPSA) is 96.0 Å². The number of anilines is 1. The highest BCUT2D eigenvalue weighted by Crippen LogP contribution is 2.27. The number of carbonyl (C=O) groups excluding carboxylic acids is 2. The number of thioether (sulfide) groups is 1. The van der Waals surface area contributed by atoms with Crippen LogP contribution < -0.4 is 14.4 Å². The molecule has 0 radical (unpaired) electrons. The highest BCUT2D eigenvalue weighted by molar-refractivity contribution is 7.98. The van der Waals surface area contributed by atoms with Crippen molar-refractivity contribution in [2.75, 3.05) is 24.2 Å². The van der Waals surface area contributed by atoms with Crippen molar-refractivity contribution in [2.24, 2.45) is 0 Å². The number of methoxy groups -OCH3 is 1. The summed E-state index contributed by atoms with van der Waals surface area (Å²) >= 11 is 1.52. The van der Waals surface area contributed by atoms with Crippen molar-refractivity contribution in [3.63, 3.8) is 0 Å². The molecular weight excluding hydrogens is 595 g/mol. The lowest BCUT2D eigenvalue weighted by atomic mass is 9.95. The molecule has 44 heavy (non-hydrogen) atoms. The van der Waals surface area contributed by atoms with Crippen molar-refractivity contribution in [1.82, 2.24) is 10.2 Å². The monoisotopic (exact) mass is 637 g/mol. The zero-order valence-electron chi connectivity index (χ0n) is 26.0. The minimum atomic E-state index is -4.12. The van der Waals surface area contributed by atoms with Crippen LogP contribution in [0.1, 0.15) is 56.6 Å². The second kappa shape index (κ2) is 15.5. The van der Waals surface area contributed by atoms with Crippen LogP contribution in [0.25, 0.3) is 0 Å². The predicted octanol–water partition coefficient (Wildman–Crippen LogP) is 6.18. The van der Waals surface area contributed by atoms with Gasteiger partial charge in [-0.15, -0.1) is 11.8 Å². The molecule has 1 N–H and O–H groups in total. The molecule has 0 aromatic heterocycles. The van der Waals surface area contributed by atoms with Gasteiger partial charge in [0.05, 0.1) is 17.7 Å². The summed E-state index contributed by atoms with van der Waals surface area (Å²) in [6, 6.07) is 20.3. The molecule has 236 valence electrons. The van der Waals surface area contributed by atoms with E-state index in [4.69, 9.17) is 4.74 Å². The predicted molar refractivity (Wildman–Crippen MR) is 177 cm³/mol. The third-order valence-corrected chi connectivity index (χ3v) is 10.6. The van der Waals surface area contributed by atoms with Crippen LogP contribution in [0, 0.1) is 6.92 Å². The average molecular weight is 638 g/mol. The Bertz CT molecular complexity index is 1500. The summed E-state index contributed by atoms with van der Waals surface area (Å²) in [5.41, 5.74) is 2.12. The van der Waals surface area contributed by atoms with E-state index in [0.29, 0.717) is 17.9 Å². The van der Waals surface area contributed by atoms with E-state index < -0.39 is 28.5 Å². The Kier molecular flexibility index (Phi) is 11.7. The van der Waals surface area contributed by atoms with Crippen molar-refractivity contribution in [2.45, 2.75) is 80.8 Å². The fraction of sp³-hybridized carbons (Fsp3) is 0.412. The summed E-state index contributed by atoms with van der Waals surface area (Å²) in [6.07, 6.45) is 7.42. The van der Waals surface area contributed by atoms with E-state index in [1.54, 1.807) is 43.5 Å². The van der Waals surface area contributed by atoms with Crippen LogP contribution >= 0.6 is 11.8 Å². The number of rotatable bonds is 13. The summed E-state index contributed by atoms with van der Waals surface area (Å²) in [4.78, 5) is 30.6. The van der Waals surface area contributed by atoms with Gasteiger partial charge in [0.25, 0.3) is 10.0 Å². The van der Waals surface area contributed by atoms with E-state index in [-0.39, 0.29) is 23.4 Å². The van der Waals surface area contributed by atoms with Crippen LogP contribution in [0.5, 0.6) is 5.75 Å². The summed E-state index contributed by atoms with van der Waals surface area (Å²) in [6.45, 7) is 3.45. The maximum atomic E-state index is 14.3. The molecule has 1 atom stereocenters. The van der Waals surface area contributed by atoms with E-state index in [2.05, 4.69) is 5.32 Å². The van der Waals surface area contributed by atoms with Gasteiger partial charge in [-0.3, -0.25) is 13.9 Å². The van der Waals surface area contributed by atoms with Crippen LogP contribution in [0.3, 0.4) is 0 Å². The number of sulfonamides is 1. The molecule has 0 unspecified atom stereocenters. The SMILES string of the molecule is CC[C@H](C(=O)NC1CCCCC1)N(Cc1cccc(OC)c1)C(=O)CN(c1ccc(C)cc1)S(=O)(=O)c1ccc(SC)cc1. The number of carbonyl (C=O) groups is 2. The van der Waals surface area contributed by atoms with Gasteiger partial charge in [-0.2, -0.15) is 0 Å². The Hall–Kier alpha value is -3.50. The van der Waals surface area contributed by atoms with Crippen LogP contribution in [-0.4, -0.2) is 57.1 Å². The first-order valence-corrected chi connectivity index (χ1v) is 17.8. The summed E-state index contributed by atoms with van der Waals surface area (Å²) in [5.74, 6) is -0.0523. The first-order valence-electron chi connectivity index (χ1n) is 15.1. The van der Waals surface area contributed by atoms with Crippen molar-refractivity contribution < 1.29 is 22.7 Å². The molecule has 8 nitrogen and oxygen atoms in total. The Morgan fingerprint density at radius 2 is 1.68 bits per heavy atom. The fourth-order valence-corrected chi connectivity index (χ4v) is 7.37. The van der Waals surface area contributed by atoms with Gasteiger partial charge in [0.1, 0.15) is 18.3 Å². The second-order valence-corrected chi connectivity index (χ2v) is 13.9. The average Bonchev–Trinajstić information content (AvgIpc) is 3.04. The maximum Gasteiger partial charge on any atom is 0.264 e. The lowest BCUT2D eigenvalue weighted by Gasteiger charge is -2.34. The second-order valence-electron chi connectivity index (χ2n) is 11.2. The van der Waals surface area contributed by atoms with Crippen LogP contribution in [0.4, 0.5) is 5.69 Å². The zero-order chi connectivity index (χ0) is 31.7. The Morgan fingerprint density at radius 1 is 1.00 bits per heavy atom. The summed E-state index contributed by atoms with van der Waals surface area (Å²) < 4.78 is 34.8. The molecule has 10 heteroatoms. The zero-order valence-corrected chi connectivity index (χ0v) is 27.6. The number of aryl methyl sites for hydroxylation is 1. The highest BCUT2D eigenvalue weighted by Gasteiger charge is 2.34. The third kappa shape index (κ3) is 8.35. The minimum absolute atomic E-state index is 0.0766. The third-order valence-electron chi connectivity index (χ3n) is 8.07. The molecule has 1 saturated carbocycles. The number of benzene rings is 3. The molecule has 0 aliphatic heterocycles. The van der Waals surface area contributed by atoms with Gasteiger partial charge in [0.2, 0.25) is 11.8 Å². The molecule has 1 aliphatic rings. The van der Waals surface area contributed by atoms with Crippen molar-refractivity contribution >= 4 is 39.3 Å². The summed E-state index contributed by atoms with van der Waals surface area (Å²) in [7, 11) is -2.55. The standard InChI is InChI=1S/C34H43N3O5S2/c1-5-32(34(39)35-27-11-7-6-8-12-27)36(23-26-10-9-13-29(22-26)42-3)33(38)24-37(28-16-14-25(2)15-17-28)44(40,41)31-20-18-30(43-4)19-21-31/h9-10,13-22,27,32H,5-8,11-12,23-24H2,1-4H3,(H,35,39)/t32-/m1/s1. The summed E-state index contributed by atoms with van der Waals surface area (Å²) in [5, 5.41) is 3.18. The largest absolute Gasteiger partial charge is 0.497 e. The normalized spacial score (nSPS) is 14.5. The molecule has 1 fully saturated rings. The van der Waals surface area contributed by atoms with E-state index in [1.807, 2.05) is 56.5 Å². The van der Waals surface area contributed by atoms with Crippen LogP contribution in [0.15, 0.2) is 82.6 Å². The molecule has 3 aromatic rings. The van der Waals surface area contributed by atoms with Crippen molar-refractivity contribution in [3.05, 3.63) is 83.9 Å². The first kappa shape index (κ1) is 33.4. The number of amides is 2. The maximum absolute atomic E-state index is 14.3. The van der Waals surface area contributed by atoms with Gasteiger partial charge in [0.15, 0.2) is 0 Å². The van der Waals surface area contributed by atoms with E-state index in [9.17, 15) is 18.0 Å². The lowest BCUT2D eigenvalue weighted by Crippen LogP contribution is -2.54. The molecule has 0 spiro atoms. The smallest absolute Gasteiger partial charge is 0.264 e. The highest BCUT2D eigenvalue weighted by atomic mass is 32.2. The molecule has 0 heterocycles. The molecule has 0 bridgehead atoms. The Balaban J connectivity index is 1.71. The van der Waals surface area contributed by atoms with E-state index >= 15 is 0 Å². The number of ether oxygens (including phenoxy) is 1. The van der Waals surface area contributed by atoms with Gasteiger partial charge < -0.3 is 15.0 Å². The molecule has 1 aliphatic carbocycles. The van der Waals surface area contributed by atoms with Gasteiger partial charge in [-0.25, -0.2) is 8.42 Å². The number of hydrogen-bond acceptors (Lipinski definition) is 6. The van der Waals surface area contributed by atoms with Crippen molar-refractivity contribution in [3.8, 4) is 5.75 Å². The molecule has 2 amide bonds. The van der Waals surface area contributed by atoms with Crippen LogP contribution in [-0.2, 0) is 26.2 Å². The number of nitrogens with one attached hydrogen (secondary N) is 1. The van der Waals surface area contributed by atoms with Gasteiger partial charge in [-0.05, 0) is 86.5 Å². The van der Waals surface area contributed by atoms with E-state index in [1.165, 1.54) is 16.7 Å². The molecular formula is C34H43N3O5S2. The Labute approximate surface area is 266 Å². The quantitative estimate of drug-likeness (QED) is 0.225. The number of hydrogen-bond donors (Lipinski definition) is 1. The first-order chi connectivity index (χ1) is 21.2. The van der Waals surface area contributed by atoms with Gasteiger partial charge in [-0.1, -0.05) is 56.0 Å². The van der Waals surface area contributed by atoms with Crippen molar-refractivity contribution in [1.29, 1.82) is 0 Å². The van der Waals surface area contributed by atoms with Gasteiger partial charge in [0, 0.05) is 17.5 Å². The minimum Gasteiger partial charge on any atom is -0.497 e. The molecule has 4 rings (SSSR count). The molecule has 3 aromatic carbocycles. The van der Waals surface area contributed by atoms with Gasteiger partial charge >= 0.3 is 0 Å². The van der Waals surface area contributed by atoms with Crippen LogP contribution in [0.2, 0.25) is 0 Å². The Morgan fingerprint density at radius 3 is 2.30 bits per heavy atom. The van der Waals surface area contributed by atoms with E-state index in [0.717, 1.165) is 52.4 Å². The molecule has 0 saturated heterocycles.